The molecule has 230 valence electrons. The summed E-state index contributed by atoms with van der Waals surface area (Å²) in [5.41, 5.74) is 13.0. The maximum Gasteiger partial charge on any atom is 0.136 e. The molecule has 0 N–H and O–H groups in total. The smallest absolute Gasteiger partial charge is 0.136 e. The second-order valence-corrected chi connectivity index (χ2v) is 11.9. The van der Waals surface area contributed by atoms with Gasteiger partial charge in [0, 0.05) is 50.4 Å². The van der Waals surface area contributed by atoms with E-state index in [2.05, 4.69) is 107 Å². The SMILES string of the molecule is c1ccc(-c2cccc(-c3nnnc(-c4ccccc4)c3-c3ccccc3)c2-c2c(-c3ccccn3)ccc3oc4ccccc4c23)cc1. The molecule has 3 aromatic heterocycles. The zero-order valence-electron chi connectivity index (χ0n) is 26.4. The van der Waals surface area contributed by atoms with Gasteiger partial charge in [0.1, 0.15) is 22.6 Å². The lowest BCUT2D eigenvalue weighted by Crippen LogP contribution is -2.02. The van der Waals surface area contributed by atoms with E-state index in [0.717, 1.165) is 89.1 Å². The molecular weight excluding hydrogens is 601 g/mol. The summed E-state index contributed by atoms with van der Waals surface area (Å²) in [6, 6.07) is 55.9. The van der Waals surface area contributed by atoms with Crippen LogP contribution in [0, 0.1) is 0 Å². The highest BCUT2D eigenvalue weighted by molar-refractivity contribution is 6.19. The van der Waals surface area contributed by atoms with Gasteiger partial charge in [0.2, 0.25) is 0 Å². The highest BCUT2D eigenvalue weighted by Crippen LogP contribution is 2.50. The number of hydrogen-bond acceptors (Lipinski definition) is 5. The first-order valence-electron chi connectivity index (χ1n) is 16.2. The maximum absolute atomic E-state index is 6.51. The van der Waals surface area contributed by atoms with E-state index in [1.165, 1.54) is 0 Å². The summed E-state index contributed by atoms with van der Waals surface area (Å²) >= 11 is 0. The van der Waals surface area contributed by atoms with E-state index >= 15 is 0 Å². The van der Waals surface area contributed by atoms with Gasteiger partial charge < -0.3 is 4.42 Å². The Morgan fingerprint density at radius 3 is 1.80 bits per heavy atom. The molecular formula is C44H28N4O. The molecule has 0 spiro atoms. The number of benzene rings is 6. The molecule has 0 aliphatic rings. The average molecular weight is 629 g/mol. The highest BCUT2D eigenvalue weighted by Gasteiger charge is 2.27. The van der Waals surface area contributed by atoms with Crippen LogP contribution in [-0.4, -0.2) is 20.4 Å². The molecule has 6 aromatic carbocycles. The first kappa shape index (κ1) is 28.5. The van der Waals surface area contributed by atoms with Crippen LogP contribution in [-0.2, 0) is 0 Å². The van der Waals surface area contributed by atoms with Crippen molar-refractivity contribution in [2.24, 2.45) is 0 Å². The molecule has 0 unspecified atom stereocenters. The van der Waals surface area contributed by atoms with Gasteiger partial charge in [-0.05, 0) is 52.2 Å². The number of rotatable bonds is 6. The summed E-state index contributed by atoms with van der Waals surface area (Å²) in [7, 11) is 0. The van der Waals surface area contributed by atoms with E-state index in [1.54, 1.807) is 0 Å². The van der Waals surface area contributed by atoms with Crippen molar-refractivity contribution in [1.29, 1.82) is 0 Å². The summed E-state index contributed by atoms with van der Waals surface area (Å²) in [4.78, 5) is 4.86. The van der Waals surface area contributed by atoms with Crippen LogP contribution in [0.1, 0.15) is 0 Å². The molecule has 9 aromatic rings. The van der Waals surface area contributed by atoms with Crippen molar-refractivity contribution in [3.05, 3.63) is 170 Å². The zero-order chi connectivity index (χ0) is 32.6. The van der Waals surface area contributed by atoms with Gasteiger partial charge in [-0.1, -0.05) is 133 Å². The molecule has 49 heavy (non-hydrogen) atoms. The molecule has 0 saturated heterocycles. The first-order chi connectivity index (χ1) is 24.3. The van der Waals surface area contributed by atoms with Crippen molar-refractivity contribution in [3.8, 4) is 67.2 Å². The van der Waals surface area contributed by atoms with Crippen molar-refractivity contribution >= 4 is 21.9 Å². The Morgan fingerprint density at radius 2 is 1.04 bits per heavy atom. The summed E-state index contributed by atoms with van der Waals surface area (Å²) in [5, 5.41) is 16.0. The Labute approximate surface area is 283 Å². The second-order valence-electron chi connectivity index (χ2n) is 11.9. The highest BCUT2D eigenvalue weighted by atomic mass is 16.3. The number of para-hydroxylation sites is 1. The molecule has 0 saturated carbocycles. The van der Waals surface area contributed by atoms with Crippen molar-refractivity contribution < 1.29 is 4.42 Å². The van der Waals surface area contributed by atoms with Crippen LogP contribution in [0.5, 0.6) is 0 Å². The van der Waals surface area contributed by atoms with Crippen molar-refractivity contribution in [2.75, 3.05) is 0 Å². The number of nitrogens with zero attached hydrogens (tertiary/aromatic N) is 4. The van der Waals surface area contributed by atoms with Gasteiger partial charge in [0.25, 0.3) is 0 Å². The minimum absolute atomic E-state index is 0.740. The fourth-order valence-electron chi connectivity index (χ4n) is 6.88. The second kappa shape index (κ2) is 12.1. The summed E-state index contributed by atoms with van der Waals surface area (Å²) in [5.74, 6) is 0. The number of furan rings is 1. The average Bonchev–Trinajstić information content (AvgIpc) is 3.57. The lowest BCUT2D eigenvalue weighted by molar-refractivity contribution is 0.669. The Bertz CT molecular complexity index is 2580. The molecule has 0 amide bonds. The molecule has 0 radical (unpaired) electrons. The van der Waals surface area contributed by atoms with E-state index in [0.29, 0.717) is 0 Å². The van der Waals surface area contributed by atoms with E-state index in [9.17, 15) is 0 Å². The van der Waals surface area contributed by atoms with Crippen LogP contribution in [0.3, 0.4) is 0 Å². The van der Waals surface area contributed by atoms with E-state index in [1.807, 2.05) is 72.9 Å². The molecule has 9 rings (SSSR count). The van der Waals surface area contributed by atoms with Crippen LogP contribution >= 0.6 is 0 Å². The Balaban J connectivity index is 1.47. The number of hydrogen-bond donors (Lipinski definition) is 0. The van der Waals surface area contributed by atoms with Gasteiger partial charge in [-0.3, -0.25) is 4.98 Å². The molecule has 0 fully saturated rings. The molecule has 0 aliphatic carbocycles. The van der Waals surface area contributed by atoms with Gasteiger partial charge in [0.05, 0.1) is 5.69 Å². The fourth-order valence-corrected chi connectivity index (χ4v) is 6.88. The normalized spacial score (nSPS) is 11.3. The van der Waals surface area contributed by atoms with Crippen molar-refractivity contribution in [1.82, 2.24) is 20.4 Å². The summed E-state index contributed by atoms with van der Waals surface area (Å²) in [6.07, 6.45) is 1.84. The number of aromatic nitrogens is 4. The van der Waals surface area contributed by atoms with Crippen LogP contribution in [0.4, 0.5) is 0 Å². The first-order valence-corrected chi connectivity index (χ1v) is 16.2. The standard InChI is InChI=1S/C44H28N4O/c1-4-15-29(16-5-1)32-22-14-23-35(44-39(30-17-6-2-7-18-30)43(46-48-47-44)31-19-8-3-9-20-31)40(32)42-33(36-24-12-13-28-45-36)26-27-38-41(42)34-21-10-11-25-37(34)49-38/h1-28H. The lowest BCUT2D eigenvalue weighted by atomic mass is 9.82. The fraction of sp³-hybridized carbons (Fsp3) is 0. The van der Waals surface area contributed by atoms with E-state index in [4.69, 9.17) is 14.5 Å². The minimum atomic E-state index is 0.740. The number of pyridine rings is 1. The molecule has 0 atom stereocenters. The largest absolute Gasteiger partial charge is 0.456 e. The Kier molecular flexibility index (Phi) is 7.06. The third-order valence-corrected chi connectivity index (χ3v) is 9.01. The lowest BCUT2D eigenvalue weighted by Gasteiger charge is -2.21. The monoisotopic (exact) mass is 628 g/mol. The van der Waals surface area contributed by atoms with Gasteiger partial charge in [0.15, 0.2) is 0 Å². The van der Waals surface area contributed by atoms with Gasteiger partial charge in [-0.25, -0.2) is 0 Å². The predicted octanol–water partition coefficient (Wildman–Crippen LogP) is 11.2. The van der Waals surface area contributed by atoms with Crippen LogP contribution in [0.2, 0.25) is 0 Å². The molecule has 3 heterocycles. The molecule has 5 heteroatoms. The van der Waals surface area contributed by atoms with Crippen LogP contribution in [0.15, 0.2) is 174 Å². The van der Waals surface area contributed by atoms with Crippen molar-refractivity contribution in [2.45, 2.75) is 0 Å². The molecule has 5 nitrogen and oxygen atoms in total. The zero-order valence-corrected chi connectivity index (χ0v) is 26.4. The van der Waals surface area contributed by atoms with Crippen LogP contribution < -0.4 is 0 Å². The third kappa shape index (κ3) is 4.96. The Hall–Kier alpha value is -6.72. The van der Waals surface area contributed by atoms with Crippen molar-refractivity contribution in [3.63, 3.8) is 0 Å². The quantitative estimate of drug-likeness (QED) is 0.183. The molecule has 0 aliphatic heterocycles. The van der Waals surface area contributed by atoms with Gasteiger partial charge >= 0.3 is 0 Å². The van der Waals surface area contributed by atoms with Gasteiger partial charge in [-0.2, -0.15) is 0 Å². The van der Waals surface area contributed by atoms with Crippen LogP contribution in [0.25, 0.3) is 89.1 Å². The number of fused-ring (bicyclic) bond motifs is 3. The predicted molar refractivity (Wildman–Crippen MR) is 198 cm³/mol. The molecule has 0 bridgehead atoms. The summed E-state index contributed by atoms with van der Waals surface area (Å²) < 4.78 is 6.51. The maximum atomic E-state index is 6.51. The summed E-state index contributed by atoms with van der Waals surface area (Å²) in [6.45, 7) is 0. The van der Waals surface area contributed by atoms with E-state index < -0.39 is 0 Å². The minimum Gasteiger partial charge on any atom is -0.456 e. The third-order valence-electron chi connectivity index (χ3n) is 9.01. The van der Waals surface area contributed by atoms with Gasteiger partial charge in [-0.15, -0.1) is 10.2 Å². The van der Waals surface area contributed by atoms with E-state index in [-0.39, 0.29) is 0 Å². The Morgan fingerprint density at radius 1 is 0.388 bits per heavy atom. The topological polar surface area (TPSA) is 64.7 Å².